The molecule has 1 aliphatic heterocycles. The molecule has 1 aliphatic carbocycles. The first-order valence-corrected chi connectivity index (χ1v) is 15.7. The number of benzene rings is 1. The lowest BCUT2D eigenvalue weighted by Gasteiger charge is -2.42. The van der Waals surface area contributed by atoms with E-state index >= 15 is 0 Å². The minimum atomic E-state index is -3.43. The molecular weight excluding hydrogens is 492 g/mol. The van der Waals surface area contributed by atoms with E-state index in [1.165, 1.54) is 5.56 Å². The summed E-state index contributed by atoms with van der Waals surface area (Å²) in [5.74, 6) is 1.41. The monoisotopic (exact) mass is 538 g/mol. The molecule has 2 unspecified atom stereocenters. The van der Waals surface area contributed by atoms with E-state index in [0.29, 0.717) is 25.3 Å². The molecule has 1 saturated carbocycles. The molecule has 0 bridgehead atoms. The highest BCUT2D eigenvalue weighted by atomic mass is 32.2. The van der Waals surface area contributed by atoms with E-state index in [1.807, 2.05) is 26.8 Å². The van der Waals surface area contributed by atoms with Crippen LogP contribution in [0.3, 0.4) is 0 Å². The molecule has 2 aliphatic rings. The molecular formula is C28H46N2O6S. The summed E-state index contributed by atoms with van der Waals surface area (Å²) < 4.78 is 44.6. The lowest BCUT2D eigenvalue weighted by Crippen LogP contribution is -2.59. The topological polar surface area (TPSA) is 94.2 Å². The number of carbonyl (C=O) groups excluding carboxylic acids is 1. The number of rotatable bonds is 10. The molecule has 8 nitrogen and oxygen atoms in total. The summed E-state index contributed by atoms with van der Waals surface area (Å²) in [7, 11) is -3.43. The molecule has 0 aromatic heterocycles. The van der Waals surface area contributed by atoms with Crippen LogP contribution in [0.25, 0.3) is 0 Å². The molecule has 37 heavy (non-hydrogen) atoms. The van der Waals surface area contributed by atoms with Crippen LogP contribution in [0.1, 0.15) is 90.5 Å². The Morgan fingerprint density at radius 2 is 1.86 bits per heavy atom. The predicted octanol–water partition coefficient (Wildman–Crippen LogP) is 5.23. The highest BCUT2D eigenvalue weighted by Crippen LogP contribution is 2.35. The lowest BCUT2D eigenvalue weighted by molar-refractivity contribution is -0.0390. The van der Waals surface area contributed by atoms with Crippen LogP contribution in [0, 0.1) is 0 Å². The highest BCUT2D eigenvalue weighted by molar-refractivity contribution is 7.88. The Morgan fingerprint density at radius 1 is 1.14 bits per heavy atom. The number of hydrogen-bond acceptors (Lipinski definition) is 6. The van der Waals surface area contributed by atoms with Gasteiger partial charge < -0.3 is 19.1 Å². The second-order valence-corrected chi connectivity index (χ2v) is 13.2. The molecule has 210 valence electrons. The average molecular weight is 539 g/mol. The van der Waals surface area contributed by atoms with Gasteiger partial charge in [0.2, 0.25) is 10.0 Å². The van der Waals surface area contributed by atoms with Crippen LogP contribution in [-0.4, -0.2) is 69.2 Å². The third-order valence-electron chi connectivity index (χ3n) is 7.05. The highest BCUT2D eigenvalue weighted by Gasteiger charge is 2.38. The van der Waals surface area contributed by atoms with Crippen LogP contribution in [0.5, 0.6) is 5.75 Å². The largest absolute Gasteiger partial charge is 0.494 e. The van der Waals surface area contributed by atoms with Gasteiger partial charge in [0, 0.05) is 12.6 Å². The number of carbonyl (C=O) groups is 1. The van der Waals surface area contributed by atoms with E-state index < -0.39 is 33.8 Å². The first-order chi connectivity index (χ1) is 17.4. The van der Waals surface area contributed by atoms with Gasteiger partial charge in [0.1, 0.15) is 11.4 Å². The Balaban J connectivity index is 1.59. The number of nitrogens with one attached hydrogen (secondary N) is 1. The van der Waals surface area contributed by atoms with Crippen molar-refractivity contribution in [3.63, 3.8) is 0 Å². The predicted molar refractivity (Wildman–Crippen MR) is 146 cm³/mol. The van der Waals surface area contributed by atoms with Gasteiger partial charge in [0.15, 0.2) is 0 Å². The third-order valence-corrected chi connectivity index (χ3v) is 7.78. The minimum Gasteiger partial charge on any atom is -0.494 e. The Labute approximate surface area is 223 Å². The van der Waals surface area contributed by atoms with Gasteiger partial charge in [-0.25, -0.2) is 17.9 Å². The number of unbranched alkanes of at least 4 members (excludes halogenated alkanes) is 1. The van der Waals surface area contributed by atoms with Crippen molar-refractivity contribution >= 4 is 16.1 Å². The van der Waals surface area contributed by atoms with E-state index in [-0.39, 0.29) is 12.7 Å². The molecule has 2 atom stereocenters. The van der Waals surface area contributed by atoms with Crippen molar-refractivity contribution in [1.29, 1.82) is 0 Å². The molecule has 1 amide bonds. The number of nitrogens with zero attached hydrogens (tertiary/aromatic N) is 1. The maximum absolute atomic E-state index is 13.0. The second-order valence-electron chi connectivity index (χ2n) is 11.5. The van der Waals surface area contributed by atoms with Crippen LogP contribution in [0.4, 0.5) is 4.79 Å². The Hall–Kier alpha value is -1.84. The van der Waals surface area contributed by atoms with Crippen molar-refractivity contribution in [1.82, 2.24) is 9.62 Å². The Morgan fingerprint density at radius 3 is 2.51 bits per heavy atom. The van der Waals surface area contributed by atoms with Gasteiger partial charge in [-0.05, 0) is 89.3 Å². The fourth-order valence-electron chi connectivity index (χ4n) is 5.21. The summed E-state index contributed by atoms with van der Waals surface area (Å²) in [5.41, 5.74) is 0.685. The number of piperidine rings is 1. The first-order valence-electron chi connectivity index (χ1n) is 13.8. The maximum Gasteiger partial charge on any atom is 0.410 e. The molecule has 1 saturated heterocycles. The van der Waals surface area contributed by atoms with Gasteiger partial charge in [-0.2, -0.15) is 0 Å². The molecule has 0 spiro atoms. The van der Waals surface area contributed by atoms with Crippen LogP contribution in [-0.2, 0) is 19.5 Å². The molecule has 2 fully saturated rings. The van der Waals surface area contributed by atoms with E-state index in [0.717, 1.165) is 57.1 Å². The Kier molecular flexibility index (Phi) is 10.7. The molecule has 9 heteroatoms. The SMILES string of the molecule is CCCCOc1cccc(C2CCC(OCC3C(NS(C)(=O)=O)CCCN3C(=O)OC(C)(C)C)CC2)c1. The number of amides is 1. The first kappa shape index (κ1) is 29.7. The molecule has 0 radical (unpaired) electrons. The van der Waals surface area contributed by atoms with Gasteiger partial charge in [0.25, 0.3) is 0 Å². The summed E-state index contributed by atoms with van der Waals surface area (Å²) in [6, 6.07) is 7.64. The van der Waals surface area contributed by atoms with Crippen molar-refractivity contribution in [2.75, 3.05) is 26.0 Å². The van der Waals surface area contributed by atoms with Crippen molar-refractivity contribution in [2.45, 2.75) is 109 Å². The summed E-state index contributed by atoms with van der Waals surface area (Å²) in [6.45, 7) is 9.20. The fraction of sp³-hybridized carbons (Fsp3) is 0.750. The normalized spacial score (nSPS) is 25.1. The number of sulfonamides is 1. The molecule has 3 rings (SSSR count). The lowest BCUT2D eigenvalue weighted by atomic mass is 9.82. The second kappa shape index (κ2) is 13.3. The number of likely N-dealkylation sites (tertiary alicyclic amines) is 1. The van der Waals surface area contributed by atoms with E-state index in [2.05, 4.69) is 29.8 Å². The summed E-state index contributed by atoms with van der Waals surface area (Å²) in [6.07, 6.45) is 8.24. The zero-order valence-electron chi connectivity index (χ0n) is 23.2. The van der Waals surface area contributed by atoms with Crippen LogP contribution >= 0.6 is 0 Å². The van der Waals surface area contributed by atoms with E-state index in [1.54, 1.807) is 4.90 Å². The molecule has 1 heterocycles. The smallest absolute Gasteiger partial charge is 0.410 e. The van der Waals surface area contributed by atoms with E-state index in [4.69, 9.17) is 14.2 Å². The summed E-state index contributed by atoms with van der Waals surface area (Å²) in [4.78, 5) is 14.6. The van der Waals surface area contributed by atoms with Crippen LogP contribution in [0.15, 0.2) is 24.3 Å². The van der Waals surface area contributed by atoms with Gasteiger partial charge in [0.05, 0.1) is 31.6 Å². The van der Waals surface area contributed by atoms with Gasteiger partial charge in [-0.1, -0.05) is 25.5 Å². The zero-order chi connectivity index (χ0) is 27.1. The van der Waals surface area contributed by atoms with Gasteiger partial charge in [-0.3, -0.25) is 0 Å². The van der Waals surface area contributed by atoms with E-state index in [9.17, 15) is 13.2 Å². The number of hydrogen-bond donors (Lipinski definition) is 1. The Bertz CT molecular complexity index is 969. The quantitative estimate of drug-likeness (QED) is 0.410. The fourth-order valence-corrected chi connectivity index (χ4v) is 6.04. The van der Waals surface area contributed by atoms with Crippen LogP contribution in [0.2, 0.25) is 0 Å². The average Bonchev–Trinajstić information content (AvgIpc) is 2.82. The summed E-state index contributed by atoms with van der Waals surface area (Å²) in [5, 5.41) is 0. The van der Waals surface area contributed by atoms with Gasteiger partial charge in [-0.15, -0.1) is 0 Å². The van der Waals surface area contributed by atoms with Crippen LogP contribution < -0.4 is 9.46 Å². The van der Waals surface area contributed by atoms with Gasteiger partial charge >= 0.3 is 6.09 Å². The number of ether oxygens (including phenoxy) is 3. The molecule has 1 aromatic carbocycles. The van der Waals surface area contributed by atoms with Crippen molar-refractivity contribution in [3.8, 4) is 5.75 Å². The zero-order valence-corrected chi connectivity index (χ0v) is 24.0. The molecule has 1 N–H and O–H groups in total. The maximum atomic E-state index is 13.0. The third kappa shape index (κ3) is 9.76. The standard InChI is InChI=1S/C28H46N2O6S/c1-6-7-18-34-24-11-8-10-22(19-24)21-13-15-23(16-14-21)35-20-26-25(29-37(5,32)33)12-9-17-30(26)27(31)36-28(2,3)4/h8,10-11,19,21,23,25-26,29H,6-7,9,12-18,20H2,1-5H3. The molecule has 1 aromatic rings. The minimum absolute atomic E-state index is 0.0848. The van der Waals surface area contributed by atoms with Crippen molar-refractivity contribution < 1.29 is 27.4 Å². The van der Waals surface area contributed by atoms with Crippen molar-refractivity contribution in [3.05, 3.63) is 29.8 Å². The summed E-state index contributed by atoms with van der Waals surface area (Å²) >= 11 is 0. The van der Waals surface area contributed by atoms with Crippen molar-refractivity contribution in [2.24, 2.45) is 0 Å².